The summed E-state index contributed by atoms with van der Waals surface area (Å²) in [5, 5.41) is 4.84. The van der Waals surface area contributed by atoms with Crippen LogP contribution in [0.1, 0.15) is 32.1 Å². The number of aromatic nitrogens is 3. The number of fused-ring (bicyclic) bond motifs is 2. The van der Waals surface area contributed by atoms with Gasteiger partial charge in [0.1, 0.15) is 11.4 Å². The lowest BCUT2D eigenvalue weighted by Gasteiger charge is -2.29. The Morgan fingerprint density at radius 3 is 2.77 bits per heavy atom. The van der Waals surface area contributed by atoms with Gasteiger partial charge >= 0.3 is 0 Å². The van der Waals surface area contributed by atoms with E-state index >= 15 is 0 Å². The number of hydrogen-bond donors (Lipinski definition) is 2. The molecule has 162 valence electrons. The average molecular weight is 419 g/mol. The van der Waals surface area contributed by atoms with E-state index in [0.717, 1.165) is 79.7 Å². The molecule has 0 bridgehead atoms. The molecule has 7 nitrogen and oxygen atoms in total. The first kappa shape index (κ1) is 18.9. The molecule has 0 unspecified atom stereocenters. The minimum atomic E-state index is 0.729. The van der Waals surface area contributed by atoms with Crippen molar-refractivity contribution >= 4 is 28.4 Å². The number of ether oxygens (including phenoxy) is 1. The molecule has 1 aliphatic carbocycles. The molecule has 0 atom stereocenters. The molecule has 2 aliphatic heterocycles. The molecule has 1 saturated carbocycles. The molecule has 6 rings (SSSR count). The summed E-state index contributed by atoms with van der Waals surface area (Å²) < 4.78 is 5.57. The van der Waals surface area contributed by atoms with Gasteiger partial charge in [0, 0.05) is 42.3 Å². The molecular formula is C24H30N6O. The van der Waals surface area contributed by atoms with Crippen molar-refractivity contribution in [3.05, 3.63) is 30.5 Å². The molecule has 3 aromatic rings. The van der Waals surface area contributed by atoms with Gasteiger partial charge in [-0.2, -0.15) is 4.98 Å². The normalized spacial score (nSPS) is 19.6. The molecule has 3 aliphatic rings. The van der Waals surface area contributed by atoms with Crippen molar-refractivity contribution in [2.45, 2.75) is 32.1 Å². The van der Waals surface area contributed by atoms with Crippen LogP contribution < -0.4 is 15.1 Å². The Kier molecular flexibility index (Phi) is 4.91. The highest BCUT2D eigenvalue weighted by Gasteiger charge is 2.30. The van der Waals surface area contributed by atoms with E-state index in [4.69, 9.17) is 14.7 Å². The first-order chi connectivity index (χ1) is 15.4. The van der Waals surface area contributed by atoms with Crippen LogP contribution in [0.3, 0.4) is 0 Å². The second kappa shape index (κ2) is 8.04. The summed E-state index contributed by atoms with van der Waals surface area (Å²) in [6, 6.07) is 8.54. The first-order valence-corrected chi connectivity index (χ1v) is 11.7. The lowest BCUT2D eigenvalue weighted by atomic mass is 9.89. The van der Waals surface area contributed by atoms with Gasteiger partial charge in [-0.05, 0) is 30.9 Å². The van der Waals surface area contributed by atoms with Crippen LogP contribution in [0, 0.1) is 5.92 Å². The summed E-state index contributed by atoms with van der Waals surface area (Å²) in [4.78, 5) is 18.2. The van der Waals surface area contributed by atoms with E-state index in [1.54, 1.807) is 0 Å². The van der Waals surface area contributed by atoms with E-state index in [9.17, 15) is 0 Å². The Bertz CT molecular complexity index is 1070. The summed E-state index contributed by atoms with van der Waals surface area (Å²) in [6.45, 7) is 5.02. The predicted octanol–water partition coefficient (Wildman–Crippen LogP) is 4.23. The third-order valence-electron chi connectivity index (χ3n) is 6.97. The molecule has 4 heterocycles. The van der Waals surface area contributed by atoms with E-state index in [2.05, 4.69) is 44.4 Å². The van der Waals surface area contributed by atoms with Crippen LogP contribution in [0.25, 0.3) is 22.2 Å². The summed E-state index contributed by atoms with van der Waals surface area (Å²) in [5.74, 6) is 2.64. The van der Waals surface area contributed by atoms with Gasteiger partial charge in [0.15, 0.2) is 5.82 Å². The number of benzene rings is 1. The topological polar surface area (TPSA) is 69.3 Å². The minimum absolute atomic E-state index is 0.729. The van der Waals surface area contributed by atoms with Crippen molar-refractivity contribution < 1.29 is 4.74 Å². The number of nitrogens with one attached hydrogen (secondary N) is 2. The number of H-pyrrole nitrogens is 1. The maximum absolute atomic E-state index is 5.57. The molecule has 2 N–H and O–H groups in total. The molecule has 2 aromatic heterocycles. The average Bonchev–Trinajstić information content (AvgIpc) is 3.47. The van der Waals surface area contributed by atoms with Crippen LogP contribution in [0.15, 0.2) is 30.5 Å². The monoisotopic (exact) mass is 418 g/mol. The van der Waals surface area contributed by atoms with Crippen molar-refractivity contribution in [3.8, 4) is 11.3 Å². The maximum Gasteiger partial charge on any atom is 0.228 e. The standard InChI is InChI=1S/C24H30N6O/c1-2-5-17(6-3-1)15-30-16-26-22-21(19-7-4-8-20-18(19)9-10-25-20)27-24(28-23(22)30)29-11-13-31-14-12-29/h4,7-10,17,25-26H,1-3,5-6,11-16H2. The fourth-order valence-corrected chi connectivity index (χ4v) is 5.30. The largest absolute Gasteiger partial charge is 0.378 e. The quantitative estimate of drug-likeness (QED) is 0.661. The Morgan fingerprint density at radius 2 is 1.90 bits per heavy atom. The SMILES string of the molecule is c1cc(-c2nc(N3CCOCC3)nc3c2NCN3CC2CCCCC2)c2cc[nH]c2c1. The second-order valence-corrected chi connectivity index (χ2v) is 8.98. The summed E-state index contributed by atoms with van der Waals surface area (Å²) in [6.07, 6.45) is 8.79. The van der Waals surface area contributed by atoms with E-state index in [1.165, 1.54) is 37.5 Å². The number of aromatic amines is 1. The van der Waals surface area contributed by atoms with E-state index < -0.39 is 0 Å². The number of morpholine rings is 1. The van der Waals surface area contributed by atoms with E-state index in [0.29, 0.717) is 0 Å². The molecule has 0 amide bonds. The third-order valence-corrected chi connectivity index (χ3v) is 6.97. The van der Waals surface area contributed by atoms with Crippen LogP contribution >= 0.6 is 0 Å². The molecule has 1 aromatic carbocycles. The maximum atomic E-state index is 5.57. The Morgan fingerprint density at radius 1 is 1.03 bits per heavy atom. The highest BCUT2D eigenvalue weighted by molar-refractivity contribution is 5.99. The zero-order chi connectivity index (χ0) is 20.6. The van der Waals surface area contributed by atoms with Crippen molar-refractivity contribution in [1.29, 1.82) is 0 Å². The summed E-state index contributed by atoms with van der Waals surface area (Å²) in [7, 11) is 0. The highest BCUT2D eigenvalue weighted by atomic mass is 16.5. The van der Waals surface area contributed by atoms with Crippen molar-refractivity contribution in [2.75, 3.05) is 54.6 Å². The Labute approximate surface area is 182 Å². The Balaban J connectivity index is 1.44. The molecule has 7 heteroatoms. The van der Waals surface area contributed by atoms with Gasteiger partial charge < -0.3 is 24.8 Å². The van der Waals surface area contributed by atoms with Gasteiger partial charge in [-0.3, -0.25) is 0 Å². The molecule has 1 saturated heterocycles. The van der Waals surface area contributed by atoms with Gasteiger partial charge in [0.25, 0.3) is 0 Å². The van der Waals surface area contributed by atoms with Crippen LogP contribution in [-0.2, 0) is 4.74 Å². The zero-order valence-electron chi connectivity index (χ0n) is 17.9. The predicted molar refractivity (Wildman–Crippen MR) is 125 cm³/mol. The first-order valence-electron chi connectivity index (χ1n) is 11.7. The van der Waals surface area contributed by atoms with Crippen molar-refractivity contribution in [2.24, 2.45) is 5.92 Å². The fraction of sp³-hybridized carbons (Fsp3) is 0.500. The van der Waals surface area contributed by atoms with Gasteiger partial charge in [-0.1, -0.05) is 31.4 Å². The molecular weight excluding hydrogens is 388 g/mol. The molecule has 0 spiro atoms. The number of nitrogens with zero attached hydrogens (tertiary/aromatic N) is 4. The van der Waals surface area contributed by atoms with Crippen molar-refractivity contribution in [1.82, 2.24) is 15.0 Å². The minimum Gasteiger partial charge on any atom is -0.378 e. The van der Waals surface area contributed by atoms with Gasteiger partial charge in [0.05, 0.1) is 19.9 Å². The van der Waals surface area contributed by atoms with Crippen LogP contribution in [0.4, 0.5) is 17.5 Å². The molecule has 0 radical (unpaired) electrons. The van der Waals surface area contributed by atoms with Crippen molar-refractivity contribution in [3.63, 3.8) is 0 Å². The number of hydrogen-bond acceptors (Lipinski definition) is 6. The lowest BCUT2D eigenvalue weighted by molar-refractivity contribution is 0.122. The fourth-order valence-electron chi connectivity index (χ4n) is 5.30. The van der Waals surface area contributed by atoms with Crippen LogP contribution in [0.2, 0.25) is 0 Å². The zero-order valence-corrected chi connectivity index (χ0v) is 17.9. The van der Waals surface area contributed by atoms with E-state index in [1.807, 2.05) is 6.20 Å². The number of rotatable bonds is 4. The van der Waals surface area contributed by atoms with Gasteiger partial charge in [-0.25, -0.2) is 4.98 Å². The lowest BCUT2D eigenvalue weighted by Crippen LogP contribution is -2.37. The smallest absolute Gasteiger partial charge is 0.228 e. The van der Waals surface area contributed by atoms with Crippen LogP contribution in [0.5, 0.6) is 0 Å². The van der Waals surface area contributed by atoms with Gasteiger partial charge in [0.2, 0.25) is 5.95 Å². The number of anilines is 3. The van der Waals surface area contributed by atoms with Gasteiger partial charge in [-0.15, -0.1) is 0 Å². The third kappa shape index (κ3) is 3.51. The van der Waals surface area contributed by atoms with E-state index in [-0.39, 0.29) is 0 Å². The molecule has 31 heavy (non-hydrogen) atoms. The molecule has 2 fully saturated rings. The summed E-state index contributed by atoms with van der Waals surface area (Å²) in [5.41, 5.74) is 4.36. The van der Waals surface area contributed by atoms with Crippen LogP contribution in [-0.4, -0.2) is 54.5 Å². The highest BCUT2D eigenvalue weighted by Crippen LogP contribution is 2.42. The Hall–Kier alpha value is -2.80. The second-order valence-electron chi connectivity index (χ2n) is 8.98. The summed E-state index contributed by atoms with van der Waals surface area (Å²) >= 11 is 0.